The normalized spacial score (nSPS) is 11.3. The second-order valence-electron chi connectivity index (χ2n) is 6.88. The van der Waals surface area contributed by atoms with Gasteiger partial charge < -0.3 is 10.3 Å². The van der Waals surface area contributed by atoms with Crippen LogP contribution in [0, 0.1) is 11.7 Å². The van der Waals surface area contributed by atoms with Gasteiger partial charge in [0.1, 0.15) is 0 Å². The minimum atomic E-state index is -3.39. The van der Waals surface area contributed by atoms with Crippen LogP contribution in [0.3, 0.4) is 0 Å². The zero-order chi connectivity index (χ0) is 22.8. The summed E-state index contributed by atoms with van der Waals surface area (Å²) in [7, 11) is -3.39. The fourth-order valence-corrected chi connectivity index (χ4v) is 3.97. The van der Waals surface area contributed by atoms with Gasteiger partial charge in [0.2, 0.25) is 10.0 Å². The van der Waals surface area contributed by atoms with Crippen molar-refractivity contribution in [1.82, 2.24) is 9.55 Å². The Morgan fingerprint density at radius 3 is 2.65 bits per heavy atom. The van der Waals surface area contributed by atoms with E-state index in [0.717, 1.165) is 0 Å². The summed E-state index contributed by atoms with van der Waals surface area (Å²) in [5, 5.41) is 3.19. The monoisotopic (exact) mass is 458 g/mol. The van der Waals surface area contributed by atoms with E-state index in [0.29, 0.717) is 33.4 Å². The molecule has 3 N–H and O–H groups in total. The van der Waals surface area contributed by atoms with Gasteiger partial charge in [-0.05, 0) is 68.0 Å². The van der Waals surface area contributed by atoms with Crippen LogP contribution in [0.4, 0.5) is 11.4 Å². The molecule has 1 aromatic heterocycles. The number of anilines is 2. The molecule has 162 valence electrons. The number of benzene rings is 2. The van der Waals surface area contributed by atoms with E-state index in [1.54, 1.807) is 56.3 Å². The van der Waals surface area contributed by atoms with Crippen LogP contribution in [0.1, 0.15) is 22.8 Å². The van der Waals surface area contributed by atoms with Crippen LogP contribution in [0.5, 0.6) is 0 Å². The zero-order valence-corrected chi connectivity index (χ0v) is 18.7. The summed E-state index contributed by atoms with van der Waals surface area (Å²) in [6.45, 7) is 7.21. The summed E-state index contributed by atoms with van der Waals surface area (Å²) in [5.74, 6) is -0.410. The quantitative estimate of drug-likeness (QED) is 0.370. The van der Waals surface area contributed by atoms with Gasteiger partial charge in [0.25, 0.3) is 11.5 Å². The van der Waals surface area contributed by atoms with Crippen molar-refractivity contribution in [3.63, 3.8) is 0 Å². The minimum Gasteiger partial charge on any atom is -0.332 e. The number of hydrogen-bond donors (Lipinski definition) is 3. The summed E-state index contributed by atoms with van der Waals surface area (Å²) < 4.78 is 27.7. The highest BCUT2D eigenvalue weighted by Gasteiger charge is 2.13. The number of carbonyl (C=O) groups is 1. The molecule has 3 aromatic rings. The van der Waals surface area contributed by atoms with Crippen molar-refractivity contribution < 1.29 is 13.2 Å². The number of sulfonamides is 1. The number of aromatic amines is 1. The van der Waals surface area contributed by atoms with E-state index >= 15 is 0 Å². The highest BCUT2D eigenvalue weighted by atomic mass is 32.2. The smallest absolute Gasteiger partial charge is 0.262 e. The molecule has 0 aliphatic carbocycles. The van der Waals surface area contributed by atoms with Crippen LogP contribution < -0.4 is 15.6 Å². The third kappa shape index (κ3) is 4.92. The number of rotatable bonds is 7. The Morgan fingerprint density at radius 1 is 1.26 bits per heavy atom. The van der Waals surface area contributed by atoms with Crippen molar-refractivity contribution in [2.45, 2.75) is 20.4 Å². The summed E-state index contributed by atoms with van der Waals surface area (Å²) in [6.07, 6.45) is 1.58. The molecular formula is C21H22N4O4S2. The largest absolute Gasteiger partial charge is 0.332 e. The number of carbonyl (C=O) groups excluding carboxylic acids is 1. The predicted molar refractivity (Wildman–Crippen MR) is 126 cm³/mol. The van der Waals surface area contributed by atoms with Gasteiger partial charge in [-0.25, -0.2) is 8.42 Å². The summed E-state index contributed by atoms with van der Waals surface area (Å²) in [6, 6.07) is 9.58. The lowest BCUT2D eigenvalue weighted by Crippen LogP contribution is -2.22. The molecule has 8 nitrogen and oxygen atoms in total. The van der Waals surface area contributed by atoms with Crippen molar-refractivity contribution in [2.24, 2.45) is 0 Å². The van der Waals surface area contributed by atoms with Gasteiger partial charge in [-0.15, -0.1) is 6.58 Å². The van der Waals surface area contributed by atoms with E-state index in [-0.39, 0.29) is 28.5 Å². The fourth-order valence-electron chi connectivity index (χ4n) is 2.99. The van der Waals surface area contributed by atoms with Crippen molar-refractivity contribution in [3.8, 4) is 0 Å². The van der Waals surface area contributed by atoms with Crippen LogP contribution in [-0.2, 0) is 16.6 Å². The molecule has 3 rings (SSSR count). The lowest BCUT2D eigenvalue weighted by Gasteiger charge is -2.12. The van der Waals surface area contributed by atoms with E-state index in [2.05, 4.69) is 21.6 Å². The third-order valence-corrected chi connectivity index (χ3v) is 6.30. The summed E-state index contributed by atoms with van der Waals surface area (Å²) in [5.41, 5.74) is 2.17. The lowest BCUT2D eigenvalue weighted by atomic mass is 10.1. The van der Waals surface area contributed by atoms with Gasteiger partial charge >= 0.3 is 0 Å². The zero-order valence-electron chi connectivity index (χ0n) is 17.1. The first-order chi connectivity index (χ1) is 14.6. The van der Waals surface area contributed by atoms with Crippen molar-refractivity contribution in [3.05, 3.63) is 75.3 Å². The average Bonchev–Trinajstić information content (AvgIpc) is 2.72. The maximum Gasteiger partial charge on any atom is 0.262 e. The molecule has 0 unspecified atom stereocenters. The van der Waals surface area contributed by atoms with Gasteiger partial charge in [-0.1, -0.05) is 6.08 Å². The molecule has 0 saturated heterocycles. The number of aromatic nitrogens is 2. The van der Waals surface area contributed by atoms with Crippen LogP contribution in [-0.4, -0.2) is 29.6 Å². The Bertz CT molecular complexity index is 1410. The molecule has 0 aliphatic heterocycles. The molecule has 0 bridgehead atoms. The molecule has 0 atom stereocenters. The number of H-pyrrole nitrogens is 1. The highest BCUT2D eigenvalue weighted by Crippen LogP contribution is 2.22. The molecule has 1 heterocycles. The average molecular weight is 459 g/mol. The van der Waals surface area contributed by atoms with Gasteiger partial charge in [0.05, 0.1) is 22.3 Å². The van der Waals surface area contributed by atoms with Gasteiger partial charge in [-0.3, -0.25) is 18.9 Å². The van der Waals surface area contributed by atoms with E-state index in [9.17, 15) is 18.0 Å². The molecule has 31 heavy (non-hydrogen) atoms. The Kier molecular flexibility index (Phi) is 6.42. The number of amides is 1. The Labute approximate surface area is 184 Å². The molecule has 0 aliphatic rings. The second-order valence-corrected chi connectivity index (χ2v) is 9.28. The number of allylic oxidation sites excluding steroid dienone is 1. The number of nitrogens with one attached hydrogen (secondary N) is 3. The Balaban J connectivity index is 1.87. The van der Waals surface area contributed by atoms with Crippen molar-refractivity contribution in [2.75, 3.05) is 15.8 Å². The number of nitrogens with zero attached hydrogens (tertiary/aromatic N) is 1. The maximum absolute atomic E-state index is 12.7. The van der Waals surface area contributed by atoms with Gasteiger partial charge in [0, 0.05) is 17.8 Å². The molecule has 0 fully saturated rings. The summed E-state index contributed by atoms with van der Waals surface area (Å²) >= 11 is 5.23. The Morgan fingerprint density at radius 2 is 2.00 bits per heavy atom. The third-order valence-electron chi connectivity index (χ3n) is 4.69. The van der Waals surface area contributed by atoms with Crippen LogP contribution in [0.2, 0.25) is 0 Å². The fraction of sp³-hybridized carbons (Fsp3) is 0.190. The van der Waals surface area contributed by atoms with Crippen LogP contribution in [0.25, 0.3) is 10.9 Å². The first-order valence-electron chi connectivity index (χ1n) is 9.45. The minimum absolute atomic E-state index is 0.0332. The van der Waals surface area contributed by atoms with Crippen LogP contribution in [0.15, 0.2) is 53.8 Å². The Hall–Kier alpha value is -3.24. The standard InChI is InChI=1S/C21H22N4O4S2/c1-4-10-25-20(27)16-8-6-14(12-18(16)23-21(25)30)19(26)22-15-7-9-17(13(3)11-15)24-31(28,29)5-2/h4,6-9,11-12,24H,1,5,10H2,2-3H3,(H,22,26)(H,23,30). The van der Waals surface area contributed by atoms with E-state index in [1.807, 2.05) is 0 Å². The summed E-state index contributed by atoms with van der Waals surface area (Å²) in [4.78, 5) is 28.3. The number of hydrogen-bond acceptors (Lipinski definition) is 5. The molecule has 2 aromatic carbocycles. The van der Waals surface area contributed by atoms with Gasteiger partial charge in [0.15, 0.2) is 4.77 Å². The first kappa shape index (κ1) is 22.4. The van der Waals surface area contributed by atoms with Crippen LogP contribution >= 0.6 is 12.2 Å². The second kappa shape index (κ2) is 8.86. The molecule has 0 spiro atoms. The van der Waals surface area contributed by atoms with Gasteiger partial charge in [-0.2, -0.15) is 0 Å². The maximum atomic E-state index is 12.7. The molecule has 1 amide bonds. The number of fused-ring (bicyclic) bond motifs is 1. The molecular weight excluding hydrogens is 436 g/mol. The predicted octanol–water partition coefficient (Wildman–Crippen LogP) is 3.57. The van der Waals surface area contributed by atoms with E-state index in [4.69, 9.17) is 12.2 Å². The SMILES string of the molecule is C=CCn1c(=S)[nH]c2cc(C(=O)Nc3ccc(NS(=O)(=O)CC)c(C)c3)ccc2c1=O. The first-order valence-corrected chi connectivity index (χ1v) is 11.5. The number of aryl methyl sites for hydroxylation is 1. The topological polar surface area (TPSA) is 113 Å². The van der Waals surface area contributed by atoms with Crippen molar-refractivity contribution in [1.29, 1.82) is 0 Å². The van der Waals surface area contributed by atoms with Crippen molar-refractivity contribution >= 4 is 50.4 Å². The molecule has 10 heteroatoms. The molecule has 0 radical (unpaired) electrons. The highest BCUT2D eigenvalue weighted by molar-refractivity contribution is 7.92. The molecule has 0 saturated carbocycles. The van der Waals surface area contributed by atoms with E-state index < -0.39 is 10.0 Å². The van der Waals surface area contributed by atoms with E-state index in [1.165, 1.54) is 4.57 Å². The lowest BCUT2D eigenvalue weighted by molar-refractivity contribution is 0.102.